The molecule has 3 nitrogen and oxygen atoms in total. The summed E-state index contributed by atoms with van der Waals surface area (Å²) in [5.74, 6) is 0.251. The van der Waals surface area contributed by atoms with Crippen LogP contribution in [-0.2, 0) is 6.42 Å². The second-order valence-electron chi connectivity index (χ2n) is 4.19. The number of hydrogen-bond donors (Lipinski definition) is 2. The first-order chi connectivity index (χ1) is 8.15. The normalized spacial score (nSPS) is 13.1. The van der Waals surface area contributed by atoms with Crippen LogP contribution in [0.4, 0.5) is 0 Å². The van der Waals surface area contributed by atoms with Gasteiger partial charge in [-0.15, -0.1) is 0 Å². The van der Waals surface area contributed by atoms with Gasteiger partial charge in [0.1, 0.15) is 11.5 Å². The van der Waals surface area contributed by atoms with Gasteiger partial charge >= 0.3 is 0 Å². The van der Waals surface area contributed by atoms with Crippen molar-refractivity contribution >= 4 is 5.78 Å². The van der Waals surface area contributed by atoms with Crippen molar-refractivity contribution in [2.24, 2.45) is 0 Å². The van der Waals surface area contributed by atoms with Crippen LogP contribution in [0.2, 0.25) is 0 Å². The van der Waals surface area contributed by atoms with E-state index in [1.807, 2.05) is 0 Å². The predicted molar refractivity (Wildman–Crippen MR) is 62.5 cm³/mol. The molecule has 2 aromatic carbocycles. The highest BCUT2D eigenvalue weighted by Crippen LogP contribution is 2.31. The number of phenolic OH excluding ortho intramolecular Hbond substituents is 2. The first-order valence-corrected chi connectivity index (χ1v) is 5.33. The summed E-state index contributed by atoms with van der Waals surface area (Å²) in [6, 6.07) is 9.51. The van der Waals surface area contributed by atoms with Crippen molar-refractivity contribution in [2.75, 3.05) is 0 Å². The van der Waals surface area contributed by atoms with E-state index in [1.165, 1.54) is 12.1 Å². The van der Waals surface area contributed by atoms with Crippen LogP contribution in [0.5, 0.6) is 11.5 Å². The Morgan fingerprint density at radius 3 is 1.76 bits per heavy atom. The van der Waals surface area contributed by atoms with Crippen LogP contribution in [0.3, 0.4) is 0 Å². The van der Waals surface area contributed by atoms with E-state index in [-0.39, 0.29) is 17.3 Å². The average Bonchev–Trinajstić information content (AvgIpc) is 2.28. The number of carbonyl (C=O) groups excluding carboxylic acids is 1. The van der Waals surface area contributed by atoms with Gasteiger partial charge in [-0.2, -0.15) is 0 Å². The molecule has 0 amide bonds. The van der Waals surface area contributed by atoms with E-state index in [0.29, 0.717) is 17.5 Å². The molecule has 84 valence electrons. The second kappa shape index (κ2) is 3.35. The Bertz CT molecular complexity index is 576. The molecule has 0 heterocycles. The van der Waals surface area contributed by atoms with Crippen LogP contribution in [0.1, 0.15) is 27.0 Å². The summed E-state index contributed by atoms with van der Waals surface area (Å²) in [5, 5.41) is 18.8. The molecule has 2 aromatic rings. The molecule has 2 N–H and O–H groups in total. The summed E-state index contributed by atoms with van der Waals surface area (Å²) in [4.78, 5) is 12.2. The van der Waals surface area contributed by atoms with Crippen LogP contribution in [0.15, 0.2) is 36.4 Å². The topological polar surface area (TPSA) is 57.5 Å². The number of benzene rings is 2. The molecule has 0 spiro atoms. The zero-order chi connectivity index (χ0) is 12.0. The molecule has 3 heteroatoms. The van der Waals surface area contributed by atoms with Crippen molar-refractivity contribution in [3.8, 4) is 11.5 Å². The van der Waals surface area contributed by atoms with E-state index in [1.54, 1.807) is 24.3 Å². The lowest BCUT2D eigenvalue weighted by molar-refractivity contribution is 0.103. The minimum Gasteiger partial charge on any atom is -0.508 e. The Kier molecular flexibility index (Phi) is 1.95. The lowest BCUT2D eigenvalue weighted by atomic mass is 9.85. The number of ketones is 1. The van der Waals surface area contributed by atoms with Crippen molar-refractivity contribution in [2.45, 2.75) is 6.42 Å². The average molecular weight is 226 g/mol. The lowest BCUT2D eigenvalue weighted by Gasteiger charge is -2.18. The zero-order valence-electron chi connectivity index (χ0n) is 8.97. The van der Waals surface area contributed by atoms with Gasteiger partial charge in [0.25, 0.3) is 0 Å². The molecule has 0 unspecified atom stereocenters. The number of aromatic hydroxyl groups is 2. The van der Waals surface area contributed by atoms with Crippen LogP contribution >= 0.6 is 0 Å². The number of hydrogen-bond acceptors (Lipinski definition) is 3. The predicted octanol–water partition coefficient (Wildman–Crippen LogP) is 2.23. The van der Waals surface area contributed by atoms with E-state index >= 15 is 0 Å². The van der Waals surface area contributed by atoms with E-state index in [4.69, 9.17) is 0 Å². The Morgan fingerprint density at radius 2 is 1.29 bits per heavy atom. The Hall–Kier alpha value is -2.29. The Labute approximate surface area is 98.0 Å². The molecule has 0 saturated heterocycles. The third kappa shape index (κ3) is 1.47. The van der Waals surface area contributed by atoms with Crippen molar-refractivity contribution in [3.63, 3.8) is 0 Å². The van der Waals surface area contributed by atoms with Crippen LogP contribution in [-0.4, -0.2) is 16.0 Å². The second-order valence-corrected chi connectivity index (χ2v) is 4.19. The SMILES string of the molecule is O=C1c2ccc(O)cc2Cc2cc(O)ccc21. The molecule has 0 bridgehead atoms. The summed E-state index contributed by atoms with van der Waals surface area (Å²) >= 11 is 0. The van der Waals surface area contributed by atoms with Gasteiger partial charge < -0.3 is 10.2 Å². The summed E-state index contributed by atoms with van der Waals surface area (Å²) in [6.45, 7) is 0. The fraction of sp³-hybridized carbons (Fsp3) is 0.0714. The molecule has 0 saturated carbocycles. The first kappa shape index (κ1) is 9.90. The van der Waals surface area contributed by atoms with Crippen LogP contribution in [0, 0.1) is 0 Å². The van der Waals surface area contributed by atoms with Crippen molar-refractivity contribution in [3.05, 3.63) is 58.7 Å². The monoisotopic (exact) mass is 226 g/mol. The summed E-state index contributed by atoms with van der Waals surface area (Å²) < 4.78 is 0. The van der Waals surface area contributed by atoms with E-state index in [9.17, 15) is 15.0 Å². The van der Waals surface area contributed by atoms with Gasteiger partial charge in [-0.25, -0.2) is 0 Å². The molecule has 0 fully saturated rings. The largest absolute Gasteiger partial charge is 0.508 e. The maximum atomic E-state index is 12.2. The number of phenols is 2. The van der Waals surface area contributed by atoms with Gasteiger partial charge in [0.2, 0.25) is 0 Å². The van der Waals surface area contributed by atoms with Crippen LogP contribution < -0.4 is 0 Å². The van der Waals surface area contributed by atoms with Crippen molar-refractivity contribution in [1.29, 1.82) is 0 Å². The van der Waals surface area contributed by atoms with Crippen molar-refractivity contribution in [1.82, 2.24) is 0 Å². The molecule has 1 aliphatic rings. The van der Waals surface area contributed by atoms with Gasteiger partial charge in [0.15, 0.2) is 5.78 Å². The zero-order valence-corrected chi connectivity index (χ0v) is 8.97. The highest BCUT2D eigenvalue weighted by atomic mass is 16.3. The van der Waals surface area contributed by atoms with Gasteiger partial charge in [-0.05, 0) is 53.9 Å². The third-order valence-electron chi connectivity index (χ3n) is 3.05. The molecular formula is C14H10O3. The van der Waals surface area contributed by atoms with E-state index in [2.05, 4.69) is 0 Å². The molecule has 3 rings (SSSR count). The molecule has 17 heavy (non-hydrogen) atoms. The maximum absolute atomic E-state index is 12.2. The third-order valence-corrected chi connectivity index (χ3v) is 3.05. The molecule has 0 aliphatic heterocycles. The van der Waals surface area contributed by atoms with Gasteiger partial charge in [-0.1, -0.05) is 0 Å². The standard InChI is InChI=1S/C14H10O3/c15-10-1-3-12-8(6-10)5-9-7-11(16)2-4-13(9)14(12)17/h1-4,6-7,15-16H,5H2. The molecule has 1 aliphatic carbocycles. The lowest BCUT2D eigenvalue weighted by Crippen LogP contribution is -2.14. The molecular weight excluding hydrogens is 216 g/mol. The smallest absolute Gasteiger partial charge is 0.193 e. The summed E-state index contributed by atoms with van der Waals surface area (Å²) in [5.41, 5.74) is 2.85. The van der Waals surface area contributed by atoms with E-state index < -0.39 is 0 Å². The minimum atomic E-state index is -0.0544. The Balaban J connectivity index is 2.21. The molecule has 0 aromatic heterocycles. The Morgan fingerprint density at radius 1 is 0.824 bits per heavy atom. The quantitative estimate of drug-likeness (QED) is 0.618. The van der Waals surface area contributed by atoms with E-state index in [0.717, 1.165) is 11.1 Å². The summed E-state index contributed by atoms with van der Waals surface area (Å²) in [6.07, 6.45) is 0.555. The highest BCUT2D eigenvalue weighted by Gasteiger charge is 2.23. The van der Waals surface area contributed by atoms with Gasteiger partial charge in [0, 0.05) is 11.1 Å². The summed E-state index contributed by atoms with van der Waals surface area (Å²) in [7, 11) is 0. The number of fused-ring (bicyclic) bond motifs is 2. The molecule has 0 radical (unpaired) electrons. The molecule has 0 atom stereocenters. The number of carbonyl (C=O) groups is 1. The van der Waals surface area contributed by atoms with Gasteiger partial charge in [0.05, 0.1) is 0 Å². The highest BCUT2D eigenvalue weighted by molar-refractivity contribution is 6.12. The van der Waals surface area contributed by atoms with Crippen molar-refractivity contribution < 1.29 is 15.0 Å². The fourth-order valence-electron chi connectivity index (χ4n) is 2.25. The van der Waals surface area contributed by atoms with Gasteiger partial charge in [-0.3, -0.25) is 4.79 Å². The van der Waals surface area contributed by atoms with Crippen LogP contribution in [0.25, 0.3) is 0 Å². The number of rotatable bonds is 0. The first-order valence-electron chi connectivity index (χ1n) is 5.33. The minimum absolute atomic E-state index is 0.0544. The maximum Gasteiger partial charge on any atom is 0.193 e. The fourth-order valence-corrected chi connectivity index (χ4v) is 2.25.